The van der Waals surface area contributed by atoms with Crippen LogP contribution in [0.4, 0.5) is 0 Å². The average Bonchev–Trinajstić information content (AvgIpc) is 3.05. The fourth-order valence-electron chi connectivity index (χ4n) is 1.73. The van der Waals surface area contributed by atoms with E-state index in [1.54, 1.807) is 31.6 Å². The molecule has 1 N–H and O–H groups in total. The zero-order valence-corrected chi connectivity index (χ0v) is 13.9. The molecule has 0 saturated heterocycles. The van der Waals surface area contributed by atoms with E-state index in [1.807, 2.05) is 0 Å². The summed E-state index contributed by atoms with van der Waals surface area (Å²) in [7, 11) is 1.54. The van der Waals surface area contributed by atoms with E-state index in [0.29, 0.717) is 16.1 Å². The fourth-order valence-corrected chi connectivity index (χ4v) is 2.30. The minimum atomic E-state index is -0.299. The molecule has 1 amide bonds. The molecule has 0 aliphatic carbocycles. The van der Waals surface area contributed by atoms with Crippen LogP contribution in [0.25, 0.3) is 23.0 Å². The van der Waals surface area contributed by atoms with Gasteiger partial charge in [-0.15, -0.1) is 0 Å². The number of carbonyl (C=O) groups is 1. The molecule has 3 aromatic heterocycles. The molecule has 110 valence electrons. The van der Waals surface area contributed by atoms with Gasteiger partial charge in [0.25, 0.3) is 0 Å². The molecule has 0 aromatic carbocycles. The van der Waals surface area contributed by atoms with Crippen molar-refractivity contribution in [3.05, 3.63) is 36.4 Å². The van der Waals surface area contributed by atoms with Gasteiger partial charge in [0, 0.05) is 0 Å². The third-order valence-electron chi connectivity index (χ3n) is 2.83. The van der Waals surface area contributed by atoms with Gasteiger partial charge in [0.2, 0.25) is 0 Å². The van der Waals surface area contributed by atoms with Crippen LogP contribution in [-0.4, -0.2) is 54.9 Å². The van der Waals surface area contributed by atoms with Gasteiger partial charge in [-0.05, 0) is 0 Å². The predicted octanol–water partition coefficient (Wildman–Crippen LogP) is -0.793. The molecule has 0 spiro atoms. The van der Waals surface area contributed by atoms with Crippen LogP contribution in [0.5, 0.6) is 0 Å². The van der Waals surface area contributed by atoms with Crippen molar-refractivity contribution in [3.63, 3.8) is 0 Å². The van der Waals surface area contributed by atoms with Crippen molar-refractivity contribution < 1.29 is 9.32 Å². The topological polar surface area (TPSA) is 107 Å². The van der Waals surface area contributed by atoms with Crippen LogP contribution in [0.2, 0.25) is 0 Å². The van der Waals surface area contributed by atoms with Crippen molar-refractivity contribution >= 4 is 27.2 Å². The first-order valence-electron chi connectivity index (χ1n) is 6.28. The van der Waals surface area contributed by atoms with E-state index in [9.17, 15) is 4.79 Å². The monoisotopic (exact) mass is 358 g/mol. The second kappa shape index (κ2) is 6.03. The molecule has 1 atom stereocenters. The first kappa shape index (κ1) is 14.3. The number of amides is 1. The van der Waals surface area contributed by atoms with Gasteiger partial charge in [-0.3, -0.25) is 0 Å². The van der Waals surface area contributed by atoms with E-state index in [2.05, 4.69) is 30.4 Å². The number of pyridine rings is 1. The second-order valence-electron chi connectivity index (χ2n) is 4.23. The Morgan fingerprint density at radius 1 is 1.27 bits per heavy atom. The van der Waals surface area contributed by atoms with E-state index in [4.69, 9.17) is 4.52 Å². The van der Waals surface area contributed by atoms with Crippen molar-refractivity contribution in [3.8, 4) is 23.0 Å². The van der Waals surface area contributed by atoms with Crippen molar-refractivity contribution in [1.29, 1.82) is 0 Å². The van der Waals surface area contributed by atoms with Crippen LogP contribution in [0.3, 0.4) is 0 Å². The molecule has 0 aliphatic rings. The van der Waals surface area contributed by atoms with Crippen LogP contribution in [0.1, 0.15) is 10.5 Å². The summed E-state index contributed by atoms with van der Waals surface area (Å²) in [5, 5.41) is 6.41. The van der Waals surface area contributed by atoms with Crippen LogP contribution < -0.4 is 9.80 Å². The molecule has 3 rings (SSSR count). The summed E-state index contributed by atoms with van der Waals surface area (Å²) < 4.78 is 5.80. The van der Waals surface area contributed by atoms with Crippen molar-refractivity contribution in [2.45, 2.75) is 0 Å². The van der Waals surface area contributed by atoms with Gasteiger partial charge in [0.05, 0.1) is 0 Å². The van der Waals surface area contributed by atoms with Gasteiger partial charge in [-0.2, -0.15) is 0 Å². The normalized spacial score (nSPS) is 10.5. The third kappa shape index (κ3) is 2.73. The van der Waals surface area contributed by atoms with Gasteiger partial charge in [0.15, 0.2) is 0 Å². The molecule has 9 heteroatoms. The zero-order chi connectivity index (χ0) is 15.5. The summed E-state index contributed by atoms with van der Waals surface area (Å²) in [6, 6.07) is 3.52. The summed E-state index contributed by atoms with van der Waals surface area (Å²) in [5.74, 6) is 0.328. The van der Waals surface area contributed by atoms with Gasteiger partial charge in [-0.1, -0.05) is 0 Å². The molecule has 1 unspecified atom stereocenters. The van der Waals surface area contributed by atoms with Crippen LogP contribution in [0.15, 0.2) is 35.2 Å². The van der Waals surface area contributed by atoms with Crippen LogP contribution >= 0.6 is 0 Å². The van der Waals surface area contributed by atoms with Crippen LogP contribution in [0, 0.1) is 0 Å². The number of hydrogen-bond acceptors (Lipinski definition) is 7. The fraction of sp³-hybridized carbons (Fsp3) is 0.0769. The molecular weight excluding hydrogens is 347 g/mol. The minimum absolute atomic E-state index is 0.260. The number of hydrogen-bond donors (Lipinski definition) is 1. The molecule has 0 bridgehead atoms. The molecule has 8 nitrogen and oxygen atoms in total. The number of carbonyl (C=O) groups excluding carboxylic acids is 1. The maximum atomic E-state index is 11.8. The molecule has 0 radical (unpaired) electrons. The van der Waals surface area contributed by atoms with Gasteiger partial charge >= 0.3 is 133 Å². The quantitative estimate of drug-likeness (QED) is 0.612. The Balaban J connectivity index is 1.99. The van der Waals surface area contributed by atoms with E-state index < -0.39 is 0 Å². The molecule has 3 aromatic rings. The van der Waals surface area contributed by atoms with Crippen molar-refractivity contribution in [2.75, 3.05) is 7.05 Å². The second-order valence-corrected chi connectivity index (χ2v) is 5.37. The molecule has 3 heterocycles. The maximum absolute atomic E-state index is 11.8. The standard InChI is InChI=1S/C13H11AsN6O2/c1-15-12(21)9-10(14)17-6-8(18-9)11-19-13(22-20-11)7-2-4-16-5-3-7/h2-6H,14H2,1H3,(H,15,21). The molecule has 0 aliphatic heterocycles. The zero-order valence-electron chi connectivity index (χ0n) is 11.5. The Morgan fingerprint density at radius 3 is 2.77 bits per heavy atom. The summed E-state index contributed by atoms with van der Waals surface area (Å²) in [4.78, 5) is 28.4. The molecular formula is C13H11AsN6O2. The van der Waals surface area contributed by atoms with Gasteiger partial charge < -0.3 is 0 Å². The first-order valence-corrected chi connectivity index (χ1v) is 7.49. The van der Waals surface area contributed by atoms with Crippen molar-refractivity contribution in [2.24, 2.45) is 0 Å². The molecule has 22 heavy (non-hydrogen) atoms. The Bertz CT molecular complexity index is 820. The van der Waals surface area contributed by atoms with Gasteiger partial charge in [0.1, 0.15) is 0 Å². The van der Waals surface area contributed by atoms with E-state index in [1.165, 1.54) is 23.0 Å². The van der Waals surface area contributed by atoms with Crippen LogP contribution in [-0.2, 0) is 0 Å². The predicted molar refractivity (Wildman–Crippen MR) is 80.1 cm³/mol. The number of nitrogens with zero attached hydrogens (tertiary/aromatic N) is 5. The summed E-state index contributed by atoms with van der Waals surface area (Å²) in [6.45, 7) is 0. The van der Waals surface area contributed by atoms with Crippen molar-refractivity contribution in [1.82, 2.24) is 30.4 Å². The Morgan fingerprint density at radius 2 is 2.05 bits per heavy atom. The van der Waals surface area contributed by atoms with Gasteiger partial charge in [-0.25, -0.2) is 0 Å². The first-order chi connectivity index (χ1) is 10.7. The summed E-state index contributed by atoms with van der Waals surface area (Å²) in [5.41, 5.74) is 1.39. The summed E-state index contributed by atoms with van der Waals surface area (Å²) in [6.07, 6.45) is 4.79. The molecule has 0 saturated carbocycles. The SMILES string of the molecule is CNC(=O)c1nc(-c2noc(-c3ccncc3)n2)cnc1[AsH2]. The Labute approximate surface area is 133 Å². The molecule has 0 fully saturated rings. The number of rotatable bonds is 3. The van der Waals surface area contributed by atoms with E-state index >= 15 is 0 Å². The summed E-state index contributed by atoms with van der Waals surface area (Å²) >= 11 is 1.22. The Hall–Kier alpha value is -2.60. The third-order valence-corrected chi connectivity index (χ3v) is 3.71. The Kier molecular flexibility index (Phi) is 3.93. The number of nitrogens with one attached hydrogen (secondary N) is 1. The van der Waals surface area contributed by atoms with E-state index in [0.717, 1.165) is 5.56 Å². The number of aromatic nitrogens is 5. The van der Waals surface area contributed by atoms with E-state index in [-0.39, 0.29) is 17.4 Å². The average molecular weight is 358 g/mol.